The van der Waals surface area contributed by atoms with Gasteiger partial charge in [0, 0.05) is 18.1 Å². The third-order valence-electron chi connectivity index (χ3n) is 3.57. The molecule has 1 aromatic rings. The summed E-state index contributed by atoms with van der Waals surface area (Å²) in [5, 5.41) is 3.82. The Hall–Kier alpha value is -0.620. The van der Waals surface area contributed by atoms with Gasteiger partial charge in [-0.25, -0.2) is 8.42 Å². The molecule has 0 aliphatic rings. The van der Waals surface area contributed by atoms with Crippen LogP contribution in [-0.2, 0) is 10.0 Å². The fraction of sp³-hybridized carbons (Fsp3) is 0.600. The van der Waals surface area contributed by atoms with Crippen LogP contribution in [0.1, 0.15) is 38.3 Å². The maximum absolute atomic E-state index is 12.3. The first kappa shape index (κ1) is 18.4. The molecule has 0 aliphatic heterocycles. The molecule has 4 nitrogen and oxygen atoms in total. The van der Waals surface area contributed by atoms with Gasteiger partial charge in [0.2, 0.25) is 10.0 Å². The van der Waals surface area contributed by atoms with Crippen LogP contribution in [0.25, 0.3) is 0 Å². The van der Waals surface area contributed by atoms with E-state index in [0.717, 1.165) is 25.1 Å². The molecule has 1 unspecified atom stereocenters. The van der Waals surface area contributed by atoms with Gasteiger partial charge in [-0.2, -0.15) is 4.31 Å². The number of hydrogen-bond acceptors (Lipinski definition) is 3. The van der Waals surface area contributed by atoms with E-state index in [1.54, 1.807) is 13.1 Å². The van der Waals surface area contributed by atoms with Crippen LogP contribution in [0.15, 0.2) is 24.3 Å². The molecule has 6 heteroatoms. The van der Waals surface area contributed by atoms with Crippen LogP contribution >= 0.6 is 11.6 Å². The number of halogens is 1. The van der Waals surface area contributed by atoms with Crippen LogP contribution in [0.4, 0.5) is 0 Å². The third kappa shape index (κ3) is 5.94. The zero-order valence-corrected chi connectivity index (χ0v) is 14.5. The molecule has 0 fully saturated rings. The number of hydrogen-bond donors (Lipinski definition) is 1. The van der Waals surface area contributed by atoms with E-state index < -0.39 is 10.0 Å². The highest BCUT2D eigenvalue weighted by molar-refractivity contribution is 7.89. The Morgan fingerprint density at radius 3 is 2.67 bits per heavy atom. The Bertz CT molecular complexity index is 534. The summed E-state index contributed by atoms with van der Waals surface area (Å²) in [4.78, 5) is 0. The summed E-state index contributed by atoms with van der Waals surface area (Å²) in [5.74, 6) is 0.180. The standard InChI is InChI=1S/C15H25ClN2O2S/c1-4-17-10-5-6-11-21(19,20)18(3)13(2)14-8-7-9-15(16)12-14/h7-9,12-13,17H,4-6,10-11H2,1-3H3. The lowest BCUT2D eigenvalue weighted by molar-refractivity contribution is 0.397. The number of unbranched alkanes of at least 4 members (excludes halogenated alkanes) is 1. The van der Waals surface area contributed by atoms with Gasteiger partial charge in [-0.15, -0.1) is 0 Å². The Balaban J connectivity index is 2.61. The summed E-state index contributed by atoms with van der Waals surface area (Å²) in [6.07, 6.45) is 1.54. The van der Waals surface area contributed by atoms with E-state index >= 15 is 0 Å². The Morgan fingerprint density at radius 1 is 1.33 bits per heavy atom. The van der Waals surface area contributed by atoms with Crippen LogP contribution in [0.3, 0.4) is 0 Å². The van der Waals surface area contributed by atoms with Crippen LogP contribution in [0, 0.1) is 0 Å². The summed E-state index contributed by atoms with van der Waals surface area (Å²) in [6.45, 7) is 5.69. The molecular formula is C15H25ClN2O2S. The molecular weight excluding hydrogens is 308 g/mol. The van der Waals surface area contributed by atoms with Crippen LogP contribution in [0.2, 0.25) is 5.02 Å². The Morgan fingerprint density at radius 2 is 2.05 bits per heavy atom. The maximum Gasteiger partial charge on any atom is 0.214 e. The number of nitrogens with zero attached hydrogens (tertiary/aromatic N) is 1. The minimum Gasteiger partial charge on any atom is -0.317 e. The largest absolute Gasteiger partial charge is 0.317 e. The zero-order chi connectivity index (χ0) is 15.9. The molecule has 21 heavy (non-hydrogen) atoms. The van der Waals surface area contributed by atoms with Gasteiger partial charge in [-0.05, 0) is 50.6 Å². The van der Waals surface area contributed by atoms with Gasteiger partial charge < -0.3 is 5.32 Å². The Kier molecular flexibility index (Phi) is 7.66. The van der Waals surface area contributed by atoms with Crippen molar-refractivity contribution in [2.45, 2.75) is 32.7 Å². The molecule has 1 atom stereocenters. The van der Waals surface area contributed by atoms with E-state index in [1.165, 1.54) is 4.31 Å². The number of nitrogens with one attached hydrogen (secondary N) is 1. The van der Waals surface area contributed by atoms with Crippen molar-refractivity contribution >= 4 is 21.6 Å². The first-order valence-electron chi connectivity index (χ1n) is 7.30. The second-order valence-electron chi connectivity index (χ2n) is 5.12. The van der Waals surface area contributed by atoms with Crippen molar-refractivity contribution in [3.63, 3.8) is 0 Å². The monoisotopic (exact) mass is 332 g/mol. The van der Waals surface area contributed by atoms with Crippen LogP contribution in [0.5, 0.6) is 0 Å². The van der Waals surface area contributed by atoms with Crippen molar-refractivity contribution in [3.05, 3.63) is 34.9 Å². The number of benzene rings is 1. The Labute approximate surface area is 133 Å². The summed E-state index contributed by atoms with van der Waals surface area (Å²) in [7, 11) is -1.62. The number of rotatable bonds is 9. The molecule has 120 valence electrons. The normalized spacial score (nSPS) is 13.6. The number of sulfonamides is 1. The molecule has 0 bridgehead atoms. The summed E-state index contributed by atoms with van der Waals surface area (Å²) in [5.41, 5.74) is 0.904. The molecule has 0 saturated carbocycles. The average molecular weight is 333 g/mol. The predicted molar refractivity (Wildman–Crippen MR) is 89.2 cm³/mol. The first-order valence-corrected chi connectivity index (χ1v) is 9.29. The van der Waals surface area contributed by atoms with Gasteiger partial charge in [-0.3, -0.25) is 0 Å². The van der Waals surface area contributed by atoms with E-state index in [-0.39, 0.29) is 11.8 Å². The van der Waals surface area contributed by atoms with Crippen LogP contribution < -0.4 is 5.32 Å². The topological polar surface area (TPSA) is 49.4 Å². The highest BCUT2D eigenvalue weighted by Crippen LogP contribution is 2.24. The third-order valence-corrected chi connectivity index (χ3v) is 5.80. The van der Waals surface area contributed by atoms with E-state index in [1.807, 2.05) is 32.0 Å². The van der Waals surface area contributed by atoms with Crippen molar-refractivity contribution in [2.24, 2.45) is 0 Å². The summed E-state index contributed by atoms with van der Waals surface area (Å²) in [6, 6.07) is 7.11. The van der Waals surface area contributed by atoms with Crippen molar-refractivity contribution in [1.29, 1.82) is 0 Å². The molecule has 0 radical (unpaired) electrons. The smallest absolute Gasteiger partial charge is 0.214 e. The second-order valence-corrected chi connectivity index (χ2v) is 7.71. The van der Waals surface area contributed by atoms with E-state index in [2.05, 4.69) is 5.32 Å². The fourth-order valence-electron chi connectivity index (χ4n) is 2.07. The van der Waals surface area contributed by atoms with E-state index in [4.69, 9.17) is 11.6 Å². The SMILES string of the molecule is CCNCCCCS(=O)(=O)N(C)C(C)c1cccc(Cl)c1. The minimum absolute atomic E-state index is 0.180. The molecule has 0 aliphatic carbocycles. The molecule has 1 aromatic carbocycles. The molecule has 1 rings (SSSR count). The predicted octanol–water partition coefficient (Wildman–Crippen LogP) is 3.05. The zero-order valence-electron chi connectivity index (χ0n) is 13.0. The van der Waals surface area contributed by atoms with Gasteiger partial charge in [0.25, 0.3) is 0 Å². The van der Waals surface area contributed by atoms with Crippen molar-refractivity contribution in [2.75, 3.05) is 25.9 Å². The lowest BCUT2D eigenvalue weighted by atomic mass is 10.1. The minimum atomic E-state index is -3.25. The second kappa shape index (κ2) is 8.73. The maximum atomic E-state index is 12.3. The van der Waals surface area contributed by atoms with Crippen molar-refractivity contribution in [1.82, 2.24) is 9.62 Å². The van der Waals surface area contributed by atoms with E-state index in [9.17, 15) is 8.42 Å². The van der Waals surface area contributed by atoms with Gasteiger partial charge >= 0.3 is 0 Å². The molecule has 0 saturated heterocycles. The van der Waals surface area contributed by atoms with Gasteiger partial charge in [-0.1, -0.05) is 30.7 Å². The molecule has 1 N–H and O–H groups in total. The molecule has 0 amide bonds. The van der Waals surface area contributed by atoms with Gasteiger partial charge in [0.1, 0.15) is 0 Å². The van der Waals surface area contributed by atoms with Crippen molar-refractivity contribution in [3.8, 4) is 0 Å². The van der Waals surface area contributed by atoms with Crippen LogP contribution in [-0.4, -0.2) is 38.6 Å². The quantitative estimate of drug-likeness (QED) is 0.707. The lowest BCUT2D eigenvalue weighted by Crippen LogP contribution is -2.32. The lowest BCUT2D eigenvalue weighted by Gasteiger charge is -2.24. The summed E-state index contributed by atoms with van der Waals surface area (Å²) >= 11 is 5.97. The average Bonchev–Trinajstić information content (AvgIpc) is 2.45. The highest BCUT2D eigenvalue weighted by atomic mass is 35.5. The highest BCUT2D eigenvalue weighted by Gasteiger charge is 2.23. The van der Waals surface area contributed by atoms with Gasteiger partial charge in [0.05, 0.1) is 5.75 Å². The first-order chi connectivity index (χ1) is 9.88. The molecule has 0 aromatic heterocycles. The molecule has 0 heterocycles. The van der Waals surface area contributed by atoms with E-state index in [0.29, 0.717) is 11.4 Å². The van der Waals surface area contributed by atoms with Crippen molar-refractivity contribution < 1.29 is 8.42 Å². The fourth-order valence-corrected chi connectivity index (χ4v) is 3.73. The summed E-state index contributed by atoms with van der Waals surface area (Å²) < 4.78 is 26.1. The van der Waals surface area contributed by atoms with Gasteiger partial charge in [0.15, 0.2) is 0 Å². The molecule has 0 spiro atoms.